The first-order valence-electron chi connectivity index (χ1n) is 7.02. The van der Waals surface area contributed by atoms with Gasteiger partial charge in [0.05, 0.1) is 23.2 Å². The quantitative estimate of drug-likeness (QED) is 0.815. The van der Waals surface area contributed by atoms with Gasteiger partial charge in [-0.1, -0.05) is 29.8 Å². The van der Waals surface area contributed by atoms with Crippen LogP contribution in [0.2, 0.25) is 5.02 Å². The summed E-state index contributed by atoms with van der Waals surface area (Å²) in [6.07, 6.45) is 0.245. The molecule has 0 fully saturated rings. The highest BCUT2D eigenvalue weighted by atomic mass is 35.5. The minimum absolute atomic E-state index is 0.159. The molecule has 0 bridgehead atoms. The summed E-state index contributed by atoms with van der Waals surface area (Å²) in [5, 5.41) is 8.59. The summed E-state index contributed by atoms with van der Waals surface area (Å²) in [4.78, 5) is 13.3. The standard InChI is InChI=1S/C16H15ClN2O2S/c1-2-21-16(20)19-14(11-5-7-12(17)8-6-11)10-13(18-19)15-4-3-9-22-15/h3-9,14H,2,10H2,1H3. The van der Waals surface area contributed by atoms with Crippen molar-refractivity contribution < 1.29 is 9.53 Å². The first-order valence-corrected chi connectivity index (χ1v) is 8.27. The fourth-order valence-electron chi connectivity index (χ4n) is 2.40. The SMILES string of the molecule is CCOC(=O)N1N=C(c2cccs2)CC1c1ccc(Cl)cc1. The molecule has 0 aliphatic carbocycles. The van der Waals surface area contributed by atoms with Gasteiger partial charge in [0.1, 0.15) is 0 Å². The Morgan fingerprint density at radius 1 is 1.41 bits per heavy atom. The molecule has 1 aliphatic rings. The highest BCUT2D eigenvalue weighted by Crippen LogP contribution is 2.34. The van der Waals surface area contributed by atoms with E-state index in [0.717, 1.165) is 16.2 Å². The van der Waals surface area contributed by atoms with Crippen LogP contribution in [0, 0.1) is 0 Å². The van der Waals surface area contributed by atoms with E-state index in [-0.39, 0.29) is 6.04 Å². The zero-order chi connectivity index (χ0) is 15.5. The third-order valence-corrected chi connectivity index (χ3v) is 4.60. The summed E-state index contributed by atoms with van der Waals surface area (Å²) in [5.74, 6) is 0. The Hall–Kier alpha value is -1.85. The number of carbonyl (C=O) groups excluding carboxylic acids is 1. The second kappa shape index (κ2) is 6.50. The lowest BCUT2D eigenvalue weighted by Gasteiger charge is -2.21. The number of benzene rings is 1. The van der Waals surface area contributed by atoms with E-state index in [1.165, 1.54) is 5.01 Å². The predicted molar refractivity (Wildman–Crippen MR) is 88.5 cm³/mol. The van der Waals surface area contributed by atoms with Crippen LogP contribution in [0.5, 0.6) is 0 Å². The molecule has 1 atom stereocenters. The fourth-order valence-corrected chi connectivity index (χ4v) is 3.25. The number of nitrogens with zero attached hydrogens (tertiary/aromatic N) is 2. The molecule has 1 aromatic heterocycles. The van der Waals surface area contributed by atoms with E-state index < -0.39 is 6.09 Å². The van der Waals surface area contributed by atoms with Crippen molar-refractivity contribution >= 4 is 34.7 Å². The molecule has 1 aromatic carbocycles. The first-order chi connectivity index (χ1) is 10.7. The maximum Gasteiger partial charge on any atom is 0.430 e. The lowest BCUT2D eigenvalue weighted by Crippen LogP contribution is -2.27. The van der Waals surface area contributed by atoms with Crippen molar-refractivity contribution in [1.29, 1.82) is 0 Å². The maximum absolute atomic E-state index is 12.2. The smallest absolute Gasteiger partial charge is 0.430 e. The Morgan fingerprint density at radius 3 is 2.82 bits per heavy atom. The number of halogens is 1. The minimum Gasteiger partial charge on any atom is -0.448 e. The van der Waals surface area contributed by atoms with E-state index in [1.54, 1.807) is 18.3 Å². The molecular formula is C16H15ClN2O2S. The van der Waals surface area contributed by atoms with Gasteiger partial charge in [-0.25, -0.2) is 4.79 Å². The number of hydrogen-bond acceptors (Lipinski definition) is 4. The molecule has 114 valence electrons. The van der Waals surface area contributed by atoms with Crippen molar-refractivity contribution in [2.75, 3.05) is 6.61 Å². The zero-order valence-electron chi connectivity index (χ0n) is 12.0. The largest absolute Gasteiger partial charge is 0.448 e. The summed E-state index contributed by atoms with van der Waals surface area (Å²) in [5.41, 5.74) is 1.90. The molecule has 2 heterocycles. The Kier molecular flexibility index (Phi) is 4.45. The molecule has 1 aliphatic heterocycles. The van der Waals surface area contributed by atoms with Crippen LogP contribution in [0.25, 0.3) is 0 Å². The van der Waals surface area contributed by atoms with Crippen molar-refractivity contribution in [1.82, 2.24) is 5.01 Å². The van der Waals surface area contributed by atoms with Gasteiger partial charge in [-0.15, -0.1) is 11.3 Å². The Balaban J connectivity index is 1.91. The number of hydrogen-bond donors (Lipinski definition) is 0. The van der Waals surface area contributed by atoms with Crippen LogP contribution in [0.3, 0.4) is 0 Å². The number of ether oxygens (including phenoxy) is 1. The topological polar surface area (TPSA) is 41.9 Å². The van der Waals surface area contributed by atoms with Gasteiger partial charge < -0.3 is 4.74 Å². The molecule has 0 spiro atoms. The summed E-state index contributed by atoms with van der Waals surface area (Å²) >= 11 is 7.56. The van der Waals surface area contributed by atoms with E-state index in [1.807, 2.05) is 41.8 Å². The van der Waals surface area contributed by atoms with Crippen LogP contribution in [-0.2, 0) is 4.74 Å². The van der Waals surface area contributed by atoms with Crippen molar-refractivity contribution in [2.45, 2.75) is 19.4 Å². The average Bonchev–Trinajstić information content (AvgIpc) is 3.17. The predicted octanol–water partition coefficient (Wildman–Crippen LogP) is 4.71. The average molecular weight is 335 g/mol. The number of thiophene rings is 1. The summed E-state index contributed by atoms with van der Waals surface area (Å²) < 4.78 is 5.12. The summed E-state index contributed by atoms with van der Waals surface area (Å²) in [6, 6.07) is 11.3. The third kappa shape index (κ3) is 3.00. The second-order valence-electron chi connectivity index (χ2n) is 4.84. The Labute approximate surface area is 138 Å². The van der Waals surface area contributed by atoms with Crippen molar-refractivity contribution in [2.24, 2.45) is 5.10 Å². The molecule has 0 N–H and O–H groups in total. The lowest BCUT2D eigenvalue weighted by atomic mass is 10.0. The van der Waals surface area contributed by atoms with E-state index in [0.29, 0.717) is 18.1 Å². The molecule has 1 amide bonds. The lowest BCUT2D eigenvalue weighted by molar-refractivity contribution is 0.0975. The molecule has 0 radical (unpaired) electrons. The van der Waals surface area contributed by atoms with Gasteiger partial charge in [0.25, 0.3) is 0 Å². The van der Waals surface area contributed by atoms with Crippen molar-refractivity contribution in [3.8, 4) is 0 Å². The normalized spacial score (nSPS) is 17.5. The molecule has 6 heteroatoms. The van der Waals surface area contributed by atoms with E-state index in [2.05, 4.69) is 5.10 Å². The number of amides is 1. The van der Waals surface area contributed by atoms with Crippen LogP contribution in [0.4, 0.5) is 4.79 Å². The fraction of sp³-hybridized carbons (Fsp3) is 0.250. The number of carbonyl (C=O) groups is 1. The highest BCUT2D eigenvalue weighted by molar-refractivity contribution is 7.12. The highest BCUT2D eigenvalue weighted by Gasteiger charge is 2.34. The van der Waals surface area contributed by atoms with Crippen molar-refractivity contribution in [3.05, 3.63) is 57.2 Å². The molecule has 0 saturated carbocycles. The van der Waals surface area contributed by atoms with E-state index >= 15 is 0 Å². The Morgan fingerprint density at radius 2 is 2.18 bits per heavy atom. The van der Waals surface area contributed by atoms with Gasteiger partial charge in [0.15, 0.2) is 0 Å². The Bertz CT molecular complexity index is 683. The van der Waals surface area contributed by atoms with Crippen LogP contribution in [0.15, 0.2) is 46.9 Å². The molecule has 3 rings (SSSR count). The van der Waals surface area contributed by atoms with Crippen molar-refractivity contribution in [3.63, 3.8) is 0 Å². The van der Waals surface area contributed by atoms with E-state index in [9.17, 15) is 4.79 Å². The number of hydrazone groups is 1. The van der Waals surface area contributed by atoms with Gasteiger partial charge in [0.2, 0.25) is 0 Å². The van der Waals surface area contributed by atoms with Crippen LogP contribution in [0.1, 0.15) is 29.8 Å². The second-order valence-corrected chi connectivity index (χ2v) is 6.22. The monoisotopic (exact) mass is 334 g/mol. The van der Waals surface area contributed by atoms with Gasteiger partial charge >= 0.3 is 6.09 Å². The molecule has 0 saturated heterocycles. The molecule has 1 unspecified atom stereocenters. The minimum atomic E-state index is -0.422. The number of rotatable bonds is 3. The molecule has 2 aromatic rings. The first kappa shape index (κ1) is 15.1. The van der Waals surface area contributed by atoms with Crippen LogP contribution in [-0.4, -0.2) is 23.4 Å². The third-order valence-electron chi connectivity index (χ3n) is 3.43. The van der Waals surface area contributed by atoms with Gasteiger partial charge in [-0.2, -0.15) is 10.1 Å². The van der Waals surface area contributed by atoms with Crippen LogP contribution < -0.4 is 0 Å². The van der Waals surface area contributed by atoms with Gasteiger partial charge in [-0.3, -0.25) is 0 Å². The molecule has 22 heavy (non-hydrogen) atoms. The molecular weight excluding hydrogens is 320 g/mol. The van der Waals surface area contributed by atoms with Gasteiger partial charge in [0, 0.05) is 11.4 Å². The zero-order valence-corrected chi connectivity index (χ0v) is 13.6. The molecule has 4 nitrogen and oxygen atoms in total. The van der Waals surface area contributed by atoms with Gasteiger partial charge in [-0.05, 0) is 36.1 Å². The summed E-state index contributed by atoms with van der Waals surface area (Å²) in [7, 11) is 0. The maximum atomic E-state index is 12.2. The van der Waals surface area contributed by atoms with Crippen LogP contribution >= 0.6 is 22.9 Å². The summed E-state index contributed by atoms with van der Waals surface area (Å²) in [6.45, 7) is 2.11. The van der Waals surface area contributed by atoms with E-state index in [4.69, 9.17) is 16.3 Å².